The number of aryl methyl sites for hydroxylation is 1. The minimum Gasteiger partial charge on any atom is -0.497 e. The SMILES string of the molecule is COc1ccc2nc(C)cc(C(=O)NN=Cc3ccc(Cl)cc3)c2c1. The summed E-state index contributed by atoms with van der Waals surface area (Å²) in [5.41, 5.74) is 5.36. The van der Waals surface area contributed by atoms with Crippen molar-refractivity contribution in [3.8, 4) is 5.75 Å². The number of hydrogen-bond acceptors (Lipinski definition) is 4. The van der Waals surface area contributed by atoms with Crippen molar-refractivity contribution in [1.82, 2.24) is 10.4 Å². The normalized spacial score (nSPS) is 11.0. The summed E-state index contributed by atoms with van der Waals surface area (Å²) in [6.07, 6.45) is 1.56. The second kappa shape index (κ2) is 7.32. The molecular formula is C19H16ClN3O2. The Morgan fingerprint density at radius 1 is 1.20 bits per heavy atom. The zero-order valence-corrected chi connectivity index (χ0v) is 14.5. The molecule has 3 rings (SSSR count). The average molecular weight is 354 g/mol. The molecule has 126 valence electrons. The van der Waals surface area contributed by atoms with Crippen LogP contribution in [-0.2, 0) is 0 Å². The summed E-state index contributed by atoms with van der Waals surface area (Å²) in [5.74, 6) is 0.353. The van der Waals surface area contributed by atoms with E-state index in [4.69, 9.17) is 16.3 Å². The molecule has 25 heavy (non-hydrogen) atoms. The number of carbonyl (C=O) groups excluding carboxylic acids is 1. The smallest absolute Gasteiger partial charge is 0.272 e. The van der Waals surface area contributed by atoms with E-state index in [-0.39, 0.29) is 5.91 Å². The number of carbonyl (C=O) groups is 1. The summed E-state index contributed by atoms with van der Waals surface area (Å²) in [6, 6.07) is 14.3. The molecule has 0 aliphatic carbocycles. The molecule has 0 saturated heterocycles. The van der Waals surface area contributed by atoms with Crippen LogP contribution in [0.5, 0.6) is 5.75 Å². The van der Waals surface area contributed by atoms with Crippen molar-refractivity contribution < 1.29 is 9.53 Å². The van der Waals surface area contributed by atoms with Gasteiger partial charge < -0.3 is 4.74 Å². The first-order valence-corrected chi connectivity index (χ1v) is 7.99. The fourth-order valence-corrected chi connectivity index (χ4v) is 2.55. The maximum Gasteiger partial charge on any atom is 0.272 e. The van der Waals surface area contributed by atoms with Gasteiger partial charge in [-0.05, 0) is 48.9 Å². The van der Waals surface area contributed by atoms with E-state index in [1.807, 2.05) is 31.2 Å². The third-order valence-corrected chi connectivity index (χ3v) is 3.89. The van der Waals surface area contributed by atoms with Crippen LogP contribution in [0.2, 0.25) is 5.02 Å². The third-order valence-electron chi connectivity index (χ3n) is 3.64. The van der Waals surface area contributed by atoms with Crippen LogP contribution in [0.1, 0.15) is 21.6 Å². The van der Waals surface area contributed by atoms with Gasteiger partial charge in [0, 0.05) is 16.1 Å². The maximum atomic E-state index is 12.5. The van der Waals surface area contributed by atoms with Crippen LogP contribution in [0.25, 0.3) is 10.9 Å². The van der Waals surface area contributed by atoms with Crippen LogP contribution in [-0.4, -0.2) is 24.2 Å². The number of hydrazone groups is 1. The van der Waals surface area contributed by atoms with E-state index >= 15 is 0 Å². The Balaban J connectivity index is 1.87. The van der Waals surface area contributed by atoms with Gasteiger partial charge in [0.05, 0.1) is 24.4 Å². The molecule has 0 spiro atoms. The molecule has 0 aliphatic heterocycles. The molecule has 5 nitrogen and oxygen atoms in total. The number of fused-ring (bicyclic) bond motifs is 1. The number of nitrogens with one attached hydrogen (secondary N) is 1. The number of methoxy groups -OCH3 is 1. The van der Waals surface area contributed by atoms with Crippen LogP contribution in [0.3, 0.4) is 0 Å². The Labute approximate surface area is 150 Å². The summed E-state index contributed by atoms with van der Waals surface area (Å²) in [4.78, 5) is 17.0. The van der Waals surface area contributed by atoms with Crippen molar-refractivity contribution in [1.29, 1.82) is 0 Å². The standard InChI is InChI=1S/C19H16ClN3O2/c1-12-9-17(16-10-15(25-2)7-8-18(16)22-12)19(24)23-21-11-13-3-5-14(20)6-4-13/h3-11H,1-2H3,(H,23,24). The molecule has 0 bridgehead atoms. The lowest BCUT2D eigenvalue weighted by Gasteiger charge is -2.08. The van der Waals surface area contributed by atoms with Crippen LogP contribution in [0.4, 0.5) is 0 Å². The van der Waals surface area contributed by atoms with E-state index in [0.717, 1.165) is 16.8 Å². The van der Waals surface area contributed by atoms with Crippen LogP contribution in [0, 0.1) is 6.92 Å². The van der Waals surface area contributed by atoms with E-state index in [1.165, 1.54) is 0 Å². The van der Waals surface area contributed by atoms with Gasteiger partial charge in [-0.15, -0.1) is 0 Å². The summed E-state index contributed by atoms with van der Waals surface area (Å²) >= 11 is 5.84. The minimum atomic E-state index is -0.311. The zero-order chi connectivity index (χ0) is 17.8. The number of hydrogen-bond donors (Lipinski definition) is 1. The molecule has 3 aromatic rings. The lowest BCUT2D eigenvalue weighted by atomic mass is 10.1. The molecule has 0 radical (unpaired) electrons. The average Bonchev–Trinajstić information content (AvgIpc) is 2.62. The monoisotopic (exact) mass is 353 g/mol. The van der Waals surface area contributed by atoms with Gasteiger partial charge in [0.1, 0.15) is 5.75 Å². The minimum absolute atomic E-state index is 0.311. The number of halogens is 1. The summed E-state index contributed by atoms with van der Waals surface area (Å²) in [5, 5.41) is 5.37. The van der Waals surface area contributed by atoms with Crippen molar-refractivity contribution in [3.63, 3.8) is 0 Å². The Morgan fingerprint density at radius 2 is 1.96 bits per heavy atom. The van der Waals surface area contributed by atoms with Gasteiger partial charge in [-0.25, -0.2) is 5.43 Å². The van der Waals surface area contributed by atoms with Crippen molar-refractivity contribution in [2.45, 2.75) is 6.92 Å². The van der Waals surface area contributed by atoms with Crippen LogP contribution < -0.4 is 10.2 Å². The first-order valence-electron chi connectivity index (χ1n) is 7.61. The van der Waals surface area contributed by atoms with Gasteiger partial charge >= 0.3 is 0 Å². The Morgan fingerprint density at radius 3 is 2.68 bits per heavy atom. The lowest BCUT2D eigenvalue weighted by molar-refractivity contribution is 0.0956. The number of aromatic nitrogens is 1. The van der Waals surface area contributed by atoms with Gasteiger partial charge in [0.2, 0.25) is 0 Å². The molecule has 1 amide bonds. The summed E-state index contributed by atoms with van der Waals surface area (Å²) < 4.78 is 5.24. The lowest BCUT2D eigenvalue weighted by Crippen LogP contribution is -2.18. The molecule has 1 aromatic heterocycles. The fourth-order valence-electron chi connectivity index (χ4n) is 2.43. The molecule has 0 atom stereocenters. The highest BCUT2D eigenvalue weighted by Crippen LogP contribution is 2.23. The van der Waals surface area contributed by atoms with Gasteiger partial charge in [-0.1, -0.05) is 23.7 Å². The van der Waals surface area contributed by atoms with Crippen molar-refractivity contribution in [2.75, 3.05) is 7.11 Å². The molecule has 0 aliphatic rings. The quantitative estimate of drug-likeness (QED) is 0.570. The number of amides is 1. The number of rotatable bonds is 4. The first-order chi connectivity index (χ1) is 12.1. The van der Waals surface area contributed by atoms with Gasteiger partial charge in [0.25, 0.3) is 5.91 Å². The van der Waals surface area contributed by atoms with Crippen molar-refractivity contribution >= 4 is 34.6 Å². The third kappa shape index (κ3) is 3.95. The zero-order valence-electron chi connectivity index (χ0n) is 13.8. The number of nitrogens with zero attached hydrogens (tertiary/aromatic N) is 2. The Bertz CT molecular complexity index is 953. The van der Waals surface area contributed by atoms with E-state index in [1.54, 1.807) is 37.6 Å². The highest BCUT2D eigenvalue weighted by molar-refractivity contribution is 6.30. The molecule has 1 N–H and O–H groups in total. The molecule has 0 unspecified atom stereocenters. The summed E-state index contributed by atoms with van der Waals surface area (Å²) in [6.45, 7) is 1.84. The van der Waals surface area contributed by atoms with Crippen LogP contribution >= 0.6 is 11.6 Å². The van der Waals surface area contributed by atoms with E-state index in [9.17, 15) is 4.79 Å². The van der Waals surface area contributed by atoms with E-state index in [2.05, 4.69) is 15.5 Å². The molecule has 1 heterocycles. The van der Waals surface area contributed by atoms with Crippen LogP contribution in [0.15, 0.2) is 53.6 Å². The second-order valence-corrected chi connectivity index (χ2v) is 5.88. The highest BCUT2D eigenvalue weighted by Gasteiger charge is 2.12. The Hall–Kier alpha value is -2.92. The fraction of sp³-hybridized carbons (Fsp3) is 0.105. The van der Waals surface area contributed by atoms with Gasteiger partial charge in [-0.2, -0.15) is 5.10 Å². The molecule has 2 aromatic carbocycles. The Kier molecular flexibility index (Phi) is 4.95. The topological polar surface area (TPSA) is 63.6 Å². The second-order valence-electron chi connectivity index (χ2n) is 5.44. The number of pyridine rings is 1. The number of ether oxygens (including phenoxy) is 1. The van der Waals surface area contributed by atoms with Gasteiger partial charge in [0.15, 0.2) is 0 Å². The first kappa shape index (κ1) is 16.9. The largest absolute Gasteiger partial charge is 0.497 e. The van der Waals surface area contributed by atoms with E-state index in [0.29, 0.717) is 21.7 Å². The molecule has 6 heteroatoms. The molecule has 0 saturated carbocycles. The van der Waals surface area contributed by atoms with Gasteiger partial charge in [-0.3, -0.25) is 9.78 Å². The highest BCUT2D eigenvalue weighted by atomic mass is 35.5. The maximum absolute atomic E-state index is 12.5. The van der Waals surface area contributed by atoms with Crippen molar-refractivity contribution in [2.24, 2.45) is 5.10 Å². The molecular weight excluding hydrogens is 338 g/mol. The number of benzene rings is 2. The van der Waals surface area contributed by atoms with Crippen molar-refractivity contribution in [3.05, 3.63) is 70.4 Å². The predicted octanol–water partition coefficient (Wildman–Crippen LogP) is 3.97. The summed E-state index contributed by atoms with van der Waals surface area (Å²) in [7, 11) is 1.58. The molecule has 0 fully saturated rings. The predicted molar refractivity (Wildman–Crippen MR) is 99.5 cm³/mol. The van der Waals surface area contributed by atoms with E-state index < -0.39 is 0 Å².